The van der Waals surface area contributed by atoms with Crippen LogP contribution >= 0.6 is 0 Å². The van der Waals surface area contributed by atoms with E-state index in [2.05, 4.69) is 112 Å². The van der Waals surface area contributed by atoms with Crippen molar-refractivity contribution in [1.82, 2.24) is 0 Å². The Kier molecular flexibility index (Phi) is 6.88. The SMILES string of the molecule is C=c1cc/c(=C(/c2ccc(C)cc2)c2ccc(N(CC)Cc3cccc(N)c3)cc2C)c(C)c1. The lowest BCUT2D eigenvalue weighted by molar-refractivity contribution is 0.831. The molecular weight excluding hydrogens is 412 g/mol. The van der Waals surface area contributed by atoms with Gasteiger partial charge in [0, 0.05) is 24.5 Å². The van der Waals surface area contributed by atoms with Crippen molar-refractivity contribution in [3.05, 3.63) is 129 Å². The lowest BCUT2D eigenvalue weighted by atomic mass is 9.90. The van der Waals surface area contributed by atoms with Crippen LogP contribution in [0.2, 0.25) is 0 Å². The zero-order chi connectivity index (χ0) is 24.2. The molecule has 0 unspecified atom stereocenters. The van der Waals surface area contributed by atoms with Gasteiger partial charge < -0.3 is 10.6 Å². The van der Waals surface area contributed by atoms with Gasteiger partial charge >= 0.3 is 0 Å². The summed E-state index contributed by atoms with van der Waals surface area (Å²) in [5.41, 5.74) is 16.8. The molecule has 0 atom stereocenters. The Bertz CT molecular complexity index is 1410. The maximum Gasteiger partial charge on any atom is 0.0430 e. The van der Waals surface area contributed by atoms with Crippen LogP contribution in [0.1, 0.15) is 40.3 Å². The summed E-state index contributed by atoms with van der Waals surface area (Å²) in [6.07, 6.45) is 0. The Morgan fingerprint density at radius 1 is 0.824 bits per heavy atom. The van der Waals surface area contributed by atoms with Crippen LogP contribution in [0.4, 0.5) is 11.4 Å². The van der Waals surface area contributed by atoms with E-state index in [1.165, 1.54) is 49.9 Å². The Morgan fingerprint density at radius 2 is 1.59 bits per heavy atom. The van der Waals surface area contributed by atoms with Crippen molar-refractivity contribution in [3.63, 3.8) is 0 Å². The molecule has 2 heteroatoms. The molecule has 0 saturated heterocycles. The zero-order valence-electron chi connectivity index (χ0n) is 20.7. The molecule has 0 fully saturated rings. The topological polar surface area (TPSA) is 29.3 Å². The van der Waals surface area contributed by atoms with E-state index in [-0.39, 0.29) is 0 Å². The van der Waals surface area contributed by atoms with Gasteiger partial charge in [0.15, 0.2) is 0 Å². The highest BCUT2D eigenvalue weighted by Gasteiger charge is 2.13. The van der Waals surface area contributed by atoms with Crippen LogP contribution in [0.15, 0.2) is 84.9 Å². The van der Waals surface area contributed by atoms with E-state index >= 15 is 0 Å². The molecule has 0 aliphatic rings. The van der Waals surface area contributed by atoms with Crippen LogP contribution < -0.4 is 21.1 Å². The molecule has 4 aromatic carbocycles. The van der Waals surface area contributed by atoms with Crippen LogP contribution in [-0.4, -0.2) is 6.54 Å². The van der Waals surface area contributed by atoms with Gasteiger partial charge in [-0.3, -0.25) is 0 Å². The number of hydrogen-bond donors (Lipinski definition) is 1. The molecule has 4 aromatic rings. The number of rotatable bonds is 6. The Balaban J connectivity index is 1.82. The number of nitrogens with two attached hydrogens (primary N) is 1. The van der Waals surface area contributed by atoms with Crippen LogP contribution in [0.25, 0.3) is 12.2 Å². The van der Waals surface area contributed by atoms with Crippen LogP contribution in [-0.2, 0) is 6.54 Å². The predicted octanol–water partition coefficient (Wildman–Crippen LogP) is 5.88. The summed E-state index contributed by atoms with van der Waals surface area (Å²) in [7, 11) is 0. The number of nitrogen functional groups attached to an aromatic ring is 1. The third kappa shape index (κ3) is 5.07. The van der Waals surface area contributed by atoms with Gasteiger partial charge in [-0.15, -0.1) is 0 Å². The highest BCUT2D eigenvalue weighted by molar-refractivity contribution is 5.82. The van der Waals surface area contributed by atoms with Gasteiger partial charge in [-0.1, -0.05) is 72.8 Å². The summed E-state index contributed by atoms with van der Waals surface area (Å²) in [6.45, 7) is 14.6. The van der Waals surface area contributed by atoms with Crippen LogP contribution in [0.5, 0.6) is 0 Å². The highest BCUT2D eigenvalue weighted by atomic mass is 15.1. The summed E-state index contributed by atoms with van der Waals surface area (Å²) in [6, 6.07) is 30.3. The van der Waals surface area contributed by atoms with Crippen molar-refractivity contribution in [1.29, 1.82) is 0 Å². The minimum absolute atomic E-state index is 0.807. The number of hydrogen-bond acceptors (Lipinski definition) is 2. The first-order chi connectivity index (χ1) is 16.4. The molecule has 34 heavy (non-hydrogen) atoms. The molecule has 172 valence electrons. The van der Waals surface area contributed by atoms with Crippen LogP contribution in [0.3, 0.4) is 0 Å². The highest BCUT2D eigenvalue weighted by Crippen LogP contribution is 2.29. The Labute approximate surface area is 203 Å². The van der Waals surface area contributed by atoms with Gasteiger partial charge in [0.2, 0.25) is 0 Å². The van der Waals surface area contributed by atoms with E-state index in [1.807, 2.05) is 12.1 Å². The number of aryl methyl sites for hydroxylation is 3. The van der Waals surface area contributed by atoms with Gasteiger partial charge in [-0.2, -0.15) is 0 Å². The third-order valence-corrected chi connectivity index (χ3v) is 6.45. The molecule has 2 N–H and O–H groups in total. The third-order valence-electron chi connectivity index (χ3n) is 6.45. The number of anilines is 2. The van der Waals surface area contributed by atoms with Crippen molar-refractivity contribution in [3.8, 4) is 0 Å². The largest absolute Gasteiger partial charge is 0.399 e. The summed E-state index contributed by atoms with van der Waals surface area (Å²) in [4.78, 5) is 2.39. The molecular formula is C32H34N2. The monoisotopic (exact) mass is 446 g/mol. The second-order valence-electron chi connectivity index (χ2n) is 9.15. The second kappa shape index (κ2) is 10.0. The average Bonchev–Trinajstić information content (AvgIpc) is 2.81. The first-order valence-corrected chi connectivity index (χ1v) is 11.9. The van der Waals surface area contributed by atoms with Crippen molar-refractivity contribution in [2.75, 3.05) is 17.2 Å². The van der Waals surface area contributed by atoms with Crippen molar-refractivity contribution in [2.24, 2.45) is 0 Å². The predicted molar refractivity (Wildman–Crippen MR) is 147 cm³/mol. The lowest BCUT2D eigenvalue weighted by Crippen LogP contribution is -2.22. The van der Waals surface area contributed by atoms with E-state index in [1.54, 1.807) is 0 Å². The molecule has 0 saturated carbocycles. The minimum Gasteiger partial charge on any atom is -0.399 e. The Hall–Kier alpha value is -3.78. The molecule has 4 rings (SSSR count). The summed E-state index contributed by atoms with van der Waals surface area (Å²) in [5, 5.41) is 2.29. The maximum absolute atomic E-state index is 6.01. The summed E-state index contributed by atoms with van der Waals surface area (Å²) in [5.74, 6) is 0. The normalized spacial score (nSPS) is 11.9. The minimum atomic E-state index is 0.807. The molecule has 2 nitrogen and oxygen atoms in total. The van der Waals surface area contributed by atoms with Crippen molar-refractivity contribution in [2.45, 2.75) is 34.2 Å². The maximum atomic E-state index is 6.01. The molecule has 0 amide bonds. The Morgan fingerprint density at radius 3 is 2.24 bits per heavy atom. The van der Waals surface area contributed by atoms with E-state index < -0.39 is 0 Å². The van der Waals surface area contributed by atoms with E-state index in [4.69, 9.17) is 5.73 Å². The quantitative estimate of drug-likeness (QED) is 0.375. The van der Waals surface area contributed by atoms with E-state index in [9.17, 15) is 0 Å². The molecule has 0 aliphatic carbocycles. The number of benzene rings is 4. The first-order valence-electron chi connectivity index (χ1n) is 11.9. The fourth-order valence-electron chi connectivity index (χ4n) is 4.61. The van der Waals surface area contributed by atoms with Crippen molar-refractivity contribution >= 4 is 23.5 Å². The van der Waals surface area contributed by atoms with Gasteiger partial charge in [0.25, 0.3) is 0 Å². The summed E-state index contributed by atoms with van der Waals surface area (Å²) < 4.78 is 0. The first kappa shape index (κ1) is 23.4. The van der Waals surface area contributed by atoms with E-state index in [0.29, 0.717) is 0 Å². The molecule has 0 heterocycles. The van der Waals surface area contributed by atoms with Gasteiger partial charge in [0.1, 0.15) is 0 Å². The fraction of sp³-hybridized carbons (Fsp3) is 0.188. The smallest absolute Gasteiger partial charge is 0.0430 e. The molecule has 0 spiro atoms. The number of nitrogens with zero attached hydrogens (tertiary/aromatic N) is 1. The van der Waals surface area contributed by atoms with Gasteiger partial charge in [-0.05, 0) is 95.8 Å². The average molecular weight is 447 g/mol. The van der Waals surface area contributed by atoms with Gasteiger partial charge in [0.05, 0.1) is 0 Å². The van der Waals surface area contributed by atoms with Crippen molar-refractivity contribution < 1.29 is 0 Å². The second-order valence-corrected chi connectivity index (χ2v) is 9.15. The van der Waals surface area contributed by atoms with Crippen LogP contribution in [0, 0.1) is 20.8 Å². The molecule has 0 aromatic heterocycles. The summed E-state index contributed by atoms with van der Waals surface area (Å²) >= 11 is 0. The fourth-order valence-corrected chi connectivity index (χ4v) is 4.61. The zero-order valence-corrected chi connectivity index (χ0v) is 20.7. The molecule has 0 bridgehead atoms. The standard InChI is InChI=1S/C32H34N2/c1-6-34(21-26-8-7-9-28(33)20-26)29-15-17-31(25(5)19-29)32(27-13-10-22(2)11-14-27)30-16-12-23(3)18-24(30)4/h7-20H,3,6,21,33H2,1-2,4-5H3/b32-30+. The van der Waals surface area contributed by atoms with Gasteiger partial charge in [-0.25, -0.2) is 0 Å². The molecule has 0 aliphatic heterocycles. The molecule has 0 radical (unpaired) electrons. The van der Waals surface area contributed by atoms with E-state index in [0.717, 1.165) is 24.0 Å². The lowest BCUT2D eigenvalue weighted by Gasteiger charge is -2.25.